The number of halogens is 4. The maximum absolute atomic E-state index is 12.8. The maximum Gasteiger partial charge on any atom is 0.417 e. The molecule has 142 valence electrons. The van der Waals surface area contributed by atoms with Crippen molar-refractivity contribution in [3.8, 4) is 11.6 Å². The molecule has 0 atom stereocenters. The van der Waals surface area contributed by atoms with Gasteiger partial charge in [-0.25, -0.2) is 0 Å². The van der Waals surface area contributed by atoms with Gasteiger partial charge in [-0.15, -0.1) is 10.2 Å². The molecule has 3 aromatic rings. The number of aromatic nitrogens is 3. The van der Waals surface area contributed by atoms with E-state index >= 15 is 0 Å². The molecule has 27 heavy (non-hydrogen) atoms. The van der Waals surface area contributed by atoms with E-state index in [1.54, 1.807) is 13.0 Å². The molecule has 12 heteroatoms. The van der Waals surface area contributed by atoms with Gasteiger partial charge in [0, 0.05) is 11.8 Å². The lowest BCUT2D eigenvalue weighted by Gasteiger charge is -2.11. The van der Waals surface area contributed by atoms with Crippen LogP contribution in [0.15, 0.2) is 38.4 Å². The van der Waals surface area contributed by atoms with Crippen molar-refractivity contribution < 1.29 is 26.9 Å². The fraction of sp³-hybridized carbons (Fsp3) is 0.200. The van der Waals surface area contributed by atoms with Crippen molar-refractivity contribution in [3.63, 3.8) is 0 Å². The monoisotopic (exact) mass is 418 g/mol. The Hall–Kier alpha value is -2.53. The van der Waals surface area contributed by atoms with Gasteiger partial charge in [0.1, 0.15) is 5.76 Å². The summed E-state index contributed by atoms with van der Waals surface area (Å²) >= 11 is 6.46. The largest absolute Gasteiger partial charge is 0.417 e. The van der Waals surface area contributed by atoms with Crippen LogP contribution in [0.3, 0.4) is 0 Å². The molecular formula is C15H10ClF3N4O3S. The highest BCUT2D eigenvalue weighted by atomic mass is 35.5. The SMILES string of the molecule is Cc1cc(-c2nnc(SCC(=O)Nc3ccc(Cl)c(C(F)(F)F)c3)o2)no1. The first kappa shape index (κ1) is 19.2. The molecule has 0 unspecified atom stereocenters. The smallest absolute Gasteiger partial charge is 0.409 e. The first-order valence-electron chi connectivity index (χ1n) is 7.29. The Morgan fingerprint density at radius 1 is 1.30 bits per heavy atom. The highest BCUT2D eigenvalue weighted by molar-refractivity contribution is 7.99. The average molecular weight is 419 g/mol. The van der Waals surface area contributed by atoms with Crippen LogP contribution in [0.5, 0.6) is 0 Å². The number of anilines is 1. The number of carbonyl (C=O) groups is 1. The number of benzene rings is 1. The van der Waals surface area contributed by atoms with Crippen molar-refractivity contribution in [1.82, 2.24) is 15.4 Å². The highest BCUT2D eigenvalue weighted by Gasteiger charge is 2.33. The van der Waals surface area contributed by atoms with Crippen LogP contribution in [-0.4, -0.2) is 27.0 Å². The maximum atomic E-state index is 12.8. The van der Waals surface area contributed by atoms with Crippen molar-refractivity contribution in [2.24, 2.45) is 0 Å². The molecule has 1 N–H and O–H groups in total. The predicted octanol–water partition coefficient (Wildman–Crippen LogP) is 4.44. The topological polar surface area (TPSA) is 94.1 Å². The Morgan fingerprint density at radius 2 is 2.07 bits per heavy atom. The van der Waals surface area contributed by atoms with Crippen molar-refractivity contribution >= 4 is 35.0 Å². The zero-order chi connectivity index (χ0) is 19.6. The summed E-state index contributed by atoms with van der Waals surface area (Å²) in [6.07, 6.45) is -4.62. The third-order valence-electron chi connectivity index (χ3n) is 3.14. The molecule has 3 rings (SSSR count). The number of amides is 1. The number of rotatable bonds is 5. The first-order chi connectivity index (χ1) is 12.7. The van der Waals surface area contributed by atoms with Crippen molar-refractivity contribution in [1.29, 1.82) is 0 Å². The summed E-state index contributed by atoms with van der Waals surface area (Å²) in [4.78, 5) is 11.9. The van der Waals surface area contributed by atoms with Crippen LogP contribution < -0.4 is 5.32 Å². The number of hydrogen-bond acceptors (Lipinski definition) is 7. The number of hydrogen-bond donors (Lipinski definition) is 1. The lowest BCUT2D eigenvalue weighted by Crippen LogP contribution is -2.15. The number of aryl methyl sites for hydroxylation is 1. The van der Waals surface area contributed by atoms with Gasteiger partial charge >= 0.3 is 6.18 Å². The van der Waals surface area contributed by atoms with Crippen LogP contribution in [0.2, 0.25) is 5.02 Å². The van der Waals surface area contributed by atoms with Crippen LogP contribution in [0.1, 0.15) is 11.3 Å². The van der Waals surface area contributed by atoms with Gasteiger partial charge < -0.3 is 14.3 Å². The van der Waals surface area contributed by atoms with Crippen molar-refractivity contribution in [2.45, 2.75) is 18.3 Å². The van der Waals surface area contributed by atoms with E-state index in [9.17, 15) is 18.0 Å². The van der Waals surface area contributed by atoms with Crippen LogP contribution in [0, 0.1) is 6.92 Å². The summed E-state index contributed by atoms with van der Waals surface area (Å²) in [5.41, 5.74) is -0.696. The Kier molecular flexibility index (Phi) is 5.42. The number of thioether (sulfide) groups is 1. The fourth-order valence-corrected chi connectivity index (χ4v) is 2.77. The number of carbonyl (C=O) groups excluding carboxylic acids is 1. The summed E-state index contributed by atoms with van der Waals surface area (Å²) < 4.78 is 48.7. The van der Waals surface area contributed by atoms with Gasteiger partial charge in [0.2, 0.25) is 5.91 Å². The van der Waals surface area contributed by atoms with E-state index in [0.29, 0.717) is 11.5 Å². The number of alkyl halides is 3. The molecule has 2 aromatic heterocycles. The highest BCUT2D eigenvalue weighted by Crippen LogP contribution is 2.36. The summed E-state index contributed by atoms with van der Waals surface area (Å²) in [6.45, 7) is 1.70. The third-order valence-corrected chi connectivity index (χ3v) is 4.28. The summed E-state index contributed by atoms with van der Waals surface area (Å²) in [5.74, 6) is -0.00331. The normalized spacial score (nSPS) is 11.6. The molecule has 0 radical (unpaired) electrons. The minimum atomic E-state index is -4.62. The molecule has 7 nitrogen and oxygen atoms in total. The molecular weight excluding hydrogens is 409 g/mol. The summed E-state index contributed by atoms with van der Waals surface area (Å²) in [5, 5.41) is 13.3. The first-order valence-corrected chi connectivity index (χ1v) is 8.65. The van der Waals surface area contributed by atoms with E-state index in [1.807, 2.05) is 0 Å². The Morgan fingerprint density at radius 3 is 2.74 bits per heavy atom. The second kappa shape index (κ2) is 7.61. The third kappa shape index (κ3) is 4.80. The molecule has 0 aliphatic rings. The zero-order valence-corrected chi connectivity index (χ0v) is 15.1. The van der Waals surface area contributed by atoms with Crippen LogP contribution in [0.4, 0.5) is 18.9 Å². The lowest BCUT2D eigenvalue weighted by molar-refractivity contribution is -0.137. The standard InChI is InChI=1S/C15H10ClF3N4O3S/c1-7-4-11(23-26-7)13-21-22-14(25-13)27-6-12(24)20-8-2-3-10(16)9(5-8)15(17,18)19/h2-5H,6H2,1H3,(H,20,24). The number of nitrogens with zero attached hydrogens (tertiary/aromatic N) is 3. The molecule has 0 fully saturated rings. The average Bonchev–Trinajstić information content (AvgIpc) is 3.22. The Balaban J connectivity index is 1.60. The van der Waals surface area contributed by atoms with Gasteiger partial charge in [-0.05, 0) is 25.1 Å². The second-order valence-corrected chi connectivity index (χ2v) is 6.56. The van der Waals surface area contributed by atoms with E-state index in [4.69, 9.17) is 20.5 Å². The molecule has 0 saturated carbocycles. The Labute approximate surface area is 159 Å². The van der Waals surface area contributed by atoms with Crippen LogP contribution in [0.25, 0.3) is 11.6 Å². The molecule has 0 spiro atoms. The molecule has 0 aliphatic heterocycles. The van der Waals surface area contributed by atoms with Crippen molar-refractivity contribution in [3.05, 3.63) is 40.6 Å². The fourth-order valence-electron chi connectivity index (χ4n) is 1.98. The molecule has 0 bridgehead atoms. The van der Waals surface area contributed by atoms with E-state index in [-0.39, 0.29) is 22.6 Å². The molecule has 0 aliphatic carbocycles. The molecule has 1 amide bonds. The minimum Gasteiger partial charge on any atom is -0.409 e. The quantitative estimate of drug-likeness (QED) is 0.612. The minimum absolute atomic E-state index is 0.0263. The van der Waals surface area contributed by atoms with Gasteiger partial charge in [0.15, 0.2) is 5.69 Å². The summed E-state index contributed by atoms with van der Waals surface area (Å²) in [6, 6.07) is 4.71. The second-order valence-electron chi connectivity index (χ2n) is 5.23. The van der Waals surface area contributed by atoms with Crippen molar-refractivity contribution in [2.75, 3.05) is 11.1 Å². The van der Waals surface area contributed by atoms with Gasteiger partial charge in [-0.2, -0.15) is 13.2 Å². The molecule has 1 aromatic carbocycles. The summed E-state index contributed by atoms with van der Waals surface area (Å²) in [7, 11) is 0. The van der Waals surface area contributed by atoms with Gasteiger partial charge in [-0.1, -0.05) is 28.5 Å². The van der Waals surface area contributed by atoms with Gasteiger partial charge in [-0.3, -0.25) is 4.79 Å². The van der Waals surface area contributed by atoms with E-state index in [0.717, 1.165) is 23.9 Å². The zero-order valence-electron chi connectivity index (χ0n) is 13.5. The Bertz CT molecular complexity index is 973. The molecule has 2 heterocycles. The van der Waals surface area contributed by atoms with Crippen LogP contribution in [-0.2, 0) is 11.0 Å². The van der Waals surface area contributed by atoms with E-state index < -0.39 is 22.7 Å². The van der Waals surface area contributed by atoms with Gasteiger partial charge in [0.25, 0.3) is 11.1 Å². The lowest BCUT2D eigenvalue weighted by atomic mass is 10.2. The number of nitrogens with one attached hydrogen (secondary N) is 1. The molecule has 0 saturated heterocycles. The predicted molar refractivity (Wildman–Crippen MR) is 90.3 cm³/mol. The van der Waals surface area contributed by atoms with E-state index in [1.165, 1.54) is 6.07 Å². The van der Waals surface area contributed by atoms with E-state index in [2.05, 4.69) is 20.7 Å². The van der Waals surface area contributed by atoms with Gasteiger partial charge in [0.05, 0.1) is 16.3 Å². The van der Waals surface area contributed by atoms with Crippen LogP contribution >= 0.6 is 23.4 Å².